The number of hydrogen-bond acceptors (Lipinski definition) is 2. The standard InChI is InChI=1S/C10H19NO/c1-7(2)8(3)10(12)9-4-5-11-6-9/h7-9,11H,4-6H2,1-3H3/t8?,9-/m1/s1. The first-order valence-corrected chi connectivity index (χ1v) is 4.87. The fourth-order valence-corrected chi connectivity index (χ4v) is 1.60. The third-order valence-electron chi connectivity index (χ3n) is 2.91. The average Bonchev–Trinajstić information content (AvgIpc) is 2.53. The second-order valence-corrected chi connectivity index (χ2v) is 4.12. The molecule has 1 fully saturated rings. The van der Waals surface area contributed by atoms with E-state index in [-0.39, 0.29) is 5.92 Å². The fourth-order valence-electron chi connectivity index (χ4n) is 1.60. The lowest BCUT2D eigenvalue weighted by atomic mass is 9.86. The van der Waals surface area contributed by atoms with Gasteiger partial charge in [-0.05, 0) is 18.9 Å². The third-order valence-corrected chi connectivity index (χ3v) is 2.91. The molecule has 0 aromatic heterocycles. The van der Waals surface area contributed by atoms with E-state index in [1.165, 1.54) is 0 Å². The summed E-state index contributed by atoms with van der Waals surface area (Å²) < 4.78 is 0. The minimum atomic E-state index is 0.231. The zero-order valence-electron chi connectivity index (χ0n) is 8.26. The maximum Gasteiger partial charge on any atom is 0.140 e. The summed E-state index contributed by atoms with van der Waals surface area (Å²) in [5.74, 6) is 1.46. The number of carbonyl (C=O) groups excluding carboxylic acids is 1. The molecule has 0 amide bonds. The van der Waals surface area contributed by atoms with Gasteiger partial charge in [0.1, 0.15) is 5.78 Å². The van der Waals surface area contributed by atoms with E-state index in [0.717, 1.165) is 19.5 Å². The minimum Gasteiger partial charge on any atom is -0.316 e. The minimum absolute atomic E-state index is 0.231. The summed E-state index contributed by atoms with van der Waals surface area (Å²) in [5.41, 5.74) is 0. The first-order valence-electron chi connectivity index (χ1n) is 4.87. The van der Waals surface area contributed by atoms with Gasteiger partial charge in [-0.1, -0.05) is 20.8 Å². The van der Waals surface area contributed by atoms with Crippen molar-refractivity contribution in [1.29, 1.82) is 0 Å². The fraction of sp³-hybridized carbons (Fsp3) is 0.900. The van der Waals surface area contributed by atoms with Crippen molar-refractivity contribution < 1.29 is 4.79 Å². The number of carbonyl (C=O) groups is 1. The van der Waals surface area contributed by atoms with Gasteiger partial charge >= 0.3 is 0 Å². The third kappa shape index (κ3) is 2.07. The predicted octanol–water partition coefficient (Wildman–Crippen LogP) is 1.46. The van der Waals surface area contributed by atoms with E-state index in [1.54, 1.807) is 0 Å². The predicted molar refractivity (Wildman–Crippen MR) is 50.0 cm³/mol. The van der Waals surface area contributed by atoms with Crippen LogP contribution >= 0.6 is 0 Å². The molecular weight excluding hydrogens is 150 g/mol. The normalized spacial score (nSPS) is 26.2. The monoisotopic (exact) mass is 169 g/mol. The molecular formula is C10H19NO. The van der Waals surface area contributed by atoms with E-state index in [2.05, 4.69) is 19.2 Å². The van der Waals surface area contributed by atoms with Crippen LogP contribution in [0, 0.1) is 17.8 Å². The van der Waals surface area contributed by atoms with E-state index >= 15 is 0 Å². The lowest BCUT2D eigenvalue weighted by Gasteiger charge is -2.17. The molecule has 0 aromatic carbocycles. The van der Waals surface area contributed by atoms with Gasteiger partial charge in [0, 0.05) is 18.4 Å². The van der Waals surface area contributed by atoms with Crippen molar-refractivity contribution in [1.82, 2.24) is 5.32 Å². The van der Waals surface area contributed by atoms with Crippen LogP contribution in [0.15, 0.2) is 0 Å². The van der Waals surface area contributed by atoms with Crippen molar-refractivity contribution in [3.05, 3.63) is 0 Å². The van der Waals surface area contributed by atoms with E-state index < -0.39 is 0 Å². The van der Waals surface area contributed by atoms with Gasteiger partial charge in [0.15, 0.2) is 0 Å². The Labute approximate surface area is 74.7 Å². The highest BCUT2D eigenvalue weighted by Crippen LogP contribution is 2.19. The number of rotatable bonds is 3. The van der Waals surface area contributed by atoms with Crippen LogP contribution in [0.1, 0.15) is 27.2 Å². The van der Waals surface area contributed by atoms with Gasteiger partial charge in [-0.15, -0.1) is 0 Å². The Morgan fingerprint density at radius 2 is 2.08 bits per heavy atom. The van der Waals surface area contributed by atoms with Crippen molar-refractivity contribution >= 4 is 5.78 Å². The van der Waals surface area contributed by atoms with E-state index in [1.807, 2.05) is 6.92 Å². The quantitative estimate of drug-likeness (QED) is 0.693. The average molecular weight is 169 g/mol. The Morgan fingerprint density at radius 1 is 1.42 bits per heavy atom. The van der Waals surface area contributed by atoms with Gasteiger partial charge in [0.05, 0.1) is 0 Å². The molecule has 0 spiro atoms. The highest BCUT2D eigenvalue weighted by Gasteiger charge is 2.27. The Balaban J connectivity index is 2.45. The molecule has 1 saturated heterocycles. The topological polar surface area (TPSA) is 29.1 Å². The molecule has 70 valence electrons. The first-order chi connectivity index (χ1) is 5.63. The molecule has 1 aliphatic rings. The molecule has 0 saturated carbocycles. The van der Waals surface area contributed by atoms with Crippen LogP contribution < -0.4 is 5.32 Å². The summed E-state index contributed by atoms with van der Waals surface area (Å²) in [4.78, 5) is 11.7. The molecule has 1 heterocycles. The summed E-state index contributed by atoms with van der Waals surface area (Å²) in [6.07, 6.45) is 1.04. The highest BCUT2D eigenvalue weighted by atomic mass is 16.1. The van der Waals surface area contributed by atoms with Gasteiger partial charge in [0.2, 0.25) is 0 Å². The van der Waals surface area contributed by atoms with Gasteiger partial charge in [-0.3, -0.25) is 4.79 Å². The highest BCUT2D eigenvalue weighted by molar-refractivity contribution is 5.83. The van der Waals surface area contributed by atoms with E-state index in [9.17, 15) is 4.79 Å². The Bertz CT molecular complexity index is 155. The zero-order valence-corrected chi connectivity index (χ0v) is 8.26. The van der Waals surface area contributed by atoms with Gasteiger partial charge in [-0.2, -0.15) is 0 Å². The molecule has 1 N–H and O–H groups in total. The molecule has 1 aliphatic heterocycles. The van der Waals surface area contributed by atoms with Crippen molar-refractivity contribution in [2.45, 2.75) is 27.2 Å². The summed E-state index contributed by atoms with van der Waals surface area (Å²) >= 11 is 0. The van der Waals surface area contributed by atoms with Crippen molar-refractivity contribution in [3.63, 3.8) is 0 Å². The van der Waals surface area contributed by atoms with E-state index in [4.69, 9.17) is 0 Å². The number of nitrogens with one attached hydrogen (secondary N) is 1. The van der Waals surface area contributed by atoms with Gasteiger partial charge in [-0.25, -0.2) is 0 Å². The van der Waals surface area contributed by atoms with Crippen LogP contribution in [0.4, 0.5) is 0 Å². The van der Waals surface area contributed by atoms with Crippen LogP contribution in [0.25, 0.3) is 0 Å². The number of ketones is 1. The van der Waals surface area contributed by atoms with Gasteiger partial charge < -0.3 is 5.32 Å². The molecule has 1 unspecified atom stereocenters. The van der Waals surface area contributed by atoms with Crippen LogP contribution in [0.3, 0.4) is 0 Å². The van der Waals surface area contributed by atoms with Crippen LogP contribution in [-0.4, -0.2) is 18.9 Å². The van der Waals surface area contributed by atoms with Crippen LogP contribution in [0.2, 0.25) is 0 Å². The van der Waals surface area contributed by atoms with Crippen LogP contribution in [0.5, 0.6) is 0 Å². The maximum atomic E-state index is 11.7. The molecule has 2 nitrogen and oxygen atoms in total. The summed E-state index contributed by atoms with van der Waals surface area (Å²) in [6, 6.07) is 0. The van der Waals surface area contributed by atoms with E-state index in [0.29, 0.717) is 17.6 Å². The molecule has 1 rings (SSSR count). The largest absolute Gasteiger partial charge is 0.316 e. The molecule has 0 radical (unpaired) electrons. The Hall–Kier alpha value is -0.370. The molecule has 12 heavy (non-hydrogen) atoms. The first kappa shape index (κ1) is 9.72. The summed E-state index contributed by atoms with van der Waals surface area (Å²) in [6.45, 7) is 8.19. The lowest BCUT2D eigenvalue weighted by Crippen LogP contribution is -2.26. The van der Waals surface area contributed by atoms with Crippen LogP contribution in [-0.2, 0) is 4.79 Å². The van der Waals surface area contributed by atoms with Crippen molar-refractivity contribution in [2.24, 2.45) is 17.8 Å². The maximum absolute atomic E-state index is 11.7. The molecule has 2 heteroatoms. The smallest absolute Gasteiger partial charge is 0.140 e. The summed E-state index contributed by atoms with van der Waals surface area (Å²) in [7, 11) is 0. The SMILES string of the molecule is CC(C)C(C)C(=O)[C@@H]1CCNC1. The number of hydrogen-bond donors (Lipinski definition) is 1. The second-order valence-electron chi connectivity index (χ2n) is 4.12. The molecule has 0 aromatic rings. The summed E-state index contributed by atoms with van der Waals surface area (Å²) in [5, 5.41) is 3.23. The number of Topliss-reactive ketones (excluding diaryl/α,β-unsaturated/α-hetero) is 1. The van der Waals surface area contributed by atoms with Gasteiger partial charge in [0.25, 0.3) is 0 Å². The second kappa shape index (κ2) is 4.04. The van der Waals surface area contributed by atoms with Crippen molar-refractivity contribution in [3.8, 4) is 0 Å². The van der Waals surface area contributed by atoms with Crippen molar-refractivity contribution in [2.75, 3.05) is 13.1 Å². The Morgan fingerprint density at radius 3 is 2.50 bits per heavy atom. The Kier molecular flexibility index (Phi) is 3.27. The zero-order chi connectivity index (χ0) is 9.14. The molecule has 0 bridgehead atoms. The molecule has 2 atom stereocenters. The lowest BCUT2D eigenvalue weighted by molar-refractivity contribution is -0.126. The molecule has 0 aliphatic carbocycles.